The standard InChI is InChI=1S/C24H23F3N2O3S/c1-16(19-7-4-17(5-8-19)14-28-11-10-23(30)31)29-32-15-18-6-9-20(22-3-2-12-33-22)21(13-18)24(25,26)27/h2-9,12-13,28H,10-11,14-15H2,1H3,(H,30,31). The molecule has 0 saturated carbocycles. The summed E-state index contributed by atoms with van der Waals surface area (Å²) in [5, 5.41) is 17.5. The molecular formula is C24H23F3N2O3S. The Balaban J connectivity index is 1.60. The van der Waals surface area contributed by atoms with Gasteiger partial charge in [0.15, 0.2) is 0 Å². The molecule has 1 heterocycles. The van der Waals surface area contributed by atoms with Gasteiger partial charge < -0.3 is 15.3 Å². The molecule has 3 rings (SSSR count). The molecule has 3 aromatic rings. The fourth-order valence-corrected chi connectivity index (χ4v) is 3.88. The second kappa shape index (κ2) is 11.1. The third kappa shape index (κ3) is 7.16. The minimum absolute atomic E-state index is 0.0579. The third-order valence-corrected chi connectivity index (χ3v) is 5.73. The van der Waals surface area contributed by atoms with Crippen molar-refractivity contribution in [1.82, 2.24) is 5.32 Å². The van der Waals surface area contributed by atoms with Gasteiger partial charge in [-0.15, -0.1) is 11.3 Å². The fraction of sp³-hybridized carbons (Fsp3) is 0.250. The first-order valence-electron chi connectivity index (χ1n) is 10.2. The van der Waals surface area contributed by atoms with E-state index in [2.05, 4.69) is 10.5 Å². The summed E-state index contributed by atoms with van der Waals surface area (Å²) in [6.45, 7) is 2.59. The summed E-state index contributed by atoms with van der Waals surface area (Å²) < 4.78 is 40.7. The van der Waals surface area contributed by atoms with E-state index in [9.17, 15) is 18.0 Å². The molecule has 0 radical (unpaired) electrons. The van der Waals surface area contributed by atoms with Gasteiger partial charge in [-0.05, 0) is 41.1 Å². The highest BCUT2D eigenvalue weighted by Gasteiger charge is 2.34. The van der Waals surface area contributed by atoms with Crippen molar-refractivity contribution in [2.45, 2.75) is 32.7 Å². The molecule has 0 unspecified atom stereocenters. The van der Waals surface area contributed by atoms with E-state index < -0.39 is 17.7 Å². The fourth-order valence-electron chi connectivity index (χ4n) is 3.11. The zero-order chi connectivity index (χ0) is 23.8. The van der Waals surface area contributed by atoms with Gasteiger partial charge in [-0.25, -0.2) is 0 Å². The summed E-state index contributed by atoms with van der Waals surface area (Å²) in [6, 6.07) is 15.1. The Bertz CT molecular complexity index is 1100. The van der Waals surface area contributed by atoms with Crippen LogP contribution in [0.1, 0.15) is 35.6 Å². The van der Waals surface area contributed by atoms with Crippen LogP contribution in [0.2, 0.25) is 0 Å². The smallest absolute Gasteiger partial charge is 0.417 e. The van der Waals surface area contributed by atoms with Crippen molar-refractivity contribution in [3.8, 4) is 10.4 Å². The molecule has 9 heteroatoms. The maximum atomic E-state index is 13.6. The first-order chi connectivity index (χ1) is 15.7. The van der Waals surface area contributed by atoms with Gasteiger partial charge >= 0.3 is 12.1 Å². The lowest BCUT2D eigenvalue weighted by molar-refractivity contribution is -0.138. The normalized spacial score (nSPS) is 12.1. The van der Waals surface area contributed by atoms with Crippen molar-refractivity contribution in [1.29, 1.82) is 0 Å². The molecule has 0 aliphatic heterocycles. The van der Waals surface area contributed by atoms with Crippen LogP contribution in [0.4, 0.5) is 13.2 Å². The number of nitrogens with one attached hydrogen (secondary N) is 1. The molecule has 33 heavy (non-hydrogen) atoms. The molecule has 0 spiro atoms. The summed E-state index contributed by atoms with van der Waals surface area (Å²) in [4.78, 5) is 16.4. The average Bonchev–Trinajstić information content (AvgIpc) is 3.31. The number of alkyl halides is 3. The molecule has 0 bridgehead atoms. The predicted octanol–water partition coefficient (Wildman–Crippen LogP) is 5.94. The first-order valence-corrected chi connectivity index (χ1v) is 11.0. The van der Waals surface area contributed by atoms with Crippen molar-refractivity contribution >= 4 is 23.0 Å². The van der Waals surface area contributed by atoms with Gasteiger partial charge in [0, 0.05) is 23.5 Å². The predicted molar refractivity (Wildman–Crippen MR) is 122 cm³/mol. The number of benzene rings is 2. The van der Waals surface area contributed by atoms with Crippen LogP contribution in [0.15, 0.2) is 65.1 Å². The Morgan fingerprint density at radius 3 is 2.48 bits per heavy atom. The van der Waals surface area contributed by atoms with Crippen LogP contribution in [0.5, 0.6) is 0 Å². The molecule has 0 aliphatic rings. The van der Waals surface area contributed by atoms with E-state index in [4.69, 9.17) is 9.94 Å². The van der Waals surface area contributed by atoms with E-state index in [-0.39, 0.29) is 18.6 Å². The molecular weight excluding hydrogens is 453 g/mol. The number of hydrogen-bond donors (Lipinski definition) is 2. The number of nitrogens with zero attached hydrogens (tertiary/aromatic N) is 1. The van der Waals surface area contributed by atoms with Crippen molar-refractivity contribution in [3.05, 3.63) is 82.2 Å². The second-order valence-electron chi connectivity index (χ2n) is 7.32. The highest BCUT2D eigenvalue weighted by Crippen LogP contribution is 2.39. The summed E-state index contributed by atoms with van der Waals surface area (Å²) in [5.41, 5.74) is 2.23. The van der Waals surface area contributed by atoms with Crippen LogP contribution in [0.25, 0.3) is 10.4 Å². The van der Waals surface area contributed by atoms with Crippen molar-refractivity contribution in [2.24, 2.45) is 5.16 Å². The van der Waals surface area contributed by atoms with Gasteiger partial charge in [0.25, 0.3) is 0 Å². The molecule has 0 aliphatic carbocycles. The summed E-state index contributed by atoms with van der Waals surface area (Å²) >= 11 is 1.26. The van der Waals surface area contributed by atoms with Crippen LogP contribution in [0.3, 0.4) is 0 Å². The van der Waals surface area contributed by atoms with Crippen LogP contribution in [0, 0.1) is 0 Å². The van der Waals surface area contributed by atoms with Crippen LogP contribution < -0.4 is 5.32 Å². The zero-order valence-electron chi connectivity index (χ0n) is 17.9. The lowest BCUT2D eigenvalue weighted by Crippen LogP contribution is -2.17. The van der Waals surface area contributed by atoms with Crippen LogP contribution >= 0.6 is 11.3 Å². The summed E-state index contributed by atoms with van der Waals surface area (Å²) in [6.07, 6.45) is -4.42. The van der Waals surface area contributed by atoms with E-state index in [1.54, 1.807) is 30.5 Å². The Hall–Kier alpha value is -3.17. The SMILES string of the molecule is CC(=NOCc1ccc(-c2cccs2)c(C(F)(F)F)c1)c1ccc(CNCCC(=O)O)cc1. The number of rotatable bonds is 10. The molecule has 5 nitrogen and oxygen atoms in total. The summed E-state index contributed by atoms with van der Waals surface area (Å²) in [7, 11) is 0. The topological polar surface area (TPSA) is 70.9 Å². The largest absolute Gasteiger partial charge is 0.481 e. The molecule has 2 N–H and O–H groups in total. The highest BCUT2D eigenvalue weighted by molar-refractivity contribution is 7.13. The number of oxime groups is 1. The molecule has 174 valence electrons. The van der Waals surface area contributed by atoms with Crippen LogP contribution in [-0.2, 0) is 29.0 Å². The van der Waals surface area contributed by atoms with Gasteiger partial charge in [0.05, 0.1) is 17.7 Å². The van der Waals surface area contributed by atoms with Gasteiger partial charge in [0.2, 0.25) is 0 Å². The third-order valence-electron chi connectivity index (χ3n) is 4.83. The maximum Gasteiger partial charge on any atom is 0.417 e. The van der Waals surface area contributed by atoms with Crippen molar-refractivity contribution in [3.63, 3.8) is 0 Å². The second-order valence-corrected chi connectivity index (χ2v) is 8.27. The minimum atomic E-state index is -4.47. The van der Waals surface area contributed by atoms with Crippen molar-refractivity contribution < 1.29 is 27.9 Å². The number of aliphatic carboxylic acids is 1. The minimum Gasteiger partial charge on any atom is -0.481 e. The van der Waals surface area contributed by atoms with E-state index in [1.165, 1.54) is 17.4 Å². The van der Waals surface area contributed by atoms with Gasteiger partial charge in [0.1, 0.15) is 6.61 Å². The lowest BCUT2D eigenvalue weighted by Gasteiger charge is -2.13. The van der Waals surface area contributed by atoms with Crippen molar-refractivity contribution in [2.75, 3.05) is 6.54 Å². The number of carboxylic acids is 1. The first kappa shape index (κ1) is 24.5. The molecule has 2 aromatic carbocycles. The quantitative estimate of drug-likeness (QED) is 0.216. The zero-order valence-corrected chi connectivity index (χ0v) is 18.7. The number of thiophene rings is 1. The Kier molecular flexibility index (Phi) is 8.24. The number of halogens is 3. The number of hydrogen-bond acceptors (Lipinski definition) is 5. The Morgan fingerprint density at radius 1 is 1.12 bits per heavy atom. The number of carbonyl (C=O) groups is 1. The highest BCUT2D eigenvalue weighted by atomic mass is 32.1. The van der Waals surface area contributed by atoms with Gasteiger partial charge in [-0.2, -0.15) is 13.2 Å². The van der Waals surface area contributed by atoms with Crippen LogP contribution in [-0.4, -0.2) is 23.3 Å². The lowest BCUT2D eigenvalue weighted by atomic mass is 10.0. The van der Waals surface area contributed by atoms with Gasteiger partial charge in [-0.1, -0.05) is 47.6 Å². The molecule has 0 fully saturated rings. The molecule has 0 atom stereocenters. The number of carboxylic acid groups (broad SMARTS) is 1. The van der Waals surface area contributed by atoms with E-state index in [0.717, 1.165) is 17.2 Å². The van der Waals surface area contributed by atoms with Gasteiger partial charge in [-0.3, -0.25) is 4.79 Å². The molecule has 1 aromatic heterocycles. The Labute approximate surface area is 193 Å². The molecule has 0 saturated heterocycles. The molecule has 0 amide bonds. The monoisotopic (exact) mass is 476 g/mol. The Morgan fingerprint density at radius 2 is 1.85 bits per heavy atom. The summed E-state index contributed by atoms with van der Waals surface area (Å²) in [5.74, 6) is -0.849. The van der Waals surface area contributed by atoms with E-state index in [0.29, 0.717) is 29.2 Å². The average molecular weight is 477 g/mol. The van der Waals surface area contributed by atoms with E-state index in [1.807, 2.05) is 24.3 Å². The van der Waals surface area contributed by atoms with E-state index >= 15 is 0 Å². The maximum absolute atomic E-state index is 13.6.